The van der Waals surface area contributed by atoms with Gasteiger partial charge in [0.25, 0.3) is 0 Å². The smallest absolute Gasteiger partial charge is 0.202 e. The van der Waals surface area contributed by atoms with E-state index in [9.17, 15) is 8.78 Å². The highest BCUT2D eigenvalue weighted by molar-refractivity contribution is 5.53. The van der Waals surface area contributed by atoms with Gasteiger partial charge in [0, 0.05) is 5.54 Å². The quantitative estimate of drug-likeness (QED) is 0.755. The van der Waals surface area contributed by atoms with Crippen LogP contribution in [0.25, 0.3) is 0 Å². The first-order valence-corrected chi connectivity index (χ1v) is 4.46. The molecule has 0 unspecified atom stereocenters. The Kier molecular flexibility index (Phi) is 3.14. The fraction of sp³-hybridized carbons (Fsp3) is 0.400. The first-order chi connectivity index (χ1) is 6.81. The van der Waals surface area contributed by atoms with Gasteiger partial charge in [-0.3, -0.25) is 0 Å². The maximum atomic E-state index is 13.2. The molecule has 4 N–H and O–H groups in total. The van der Waals surface area contributed by atoms with Gasteiger partial charge in [0.1, 0.15) is 6.61 Å². The van der Waals surface area contributed by atoms with Crippen LogP contribution in [-0.2, 0) is 0 Å². The summed E-state index contributed by atoms with van der Waals surface area (Å²) in [6, 6.07) is 2.20. The zero-order valence-electron chi connectivity index (χ0n) is 8.68. The van der Waals surface area contributed by atoms with E-state index >= 15 is 0 Å². The number of hydrogen-bond donors (Lipinski definition) is 2. The lowest BCUT2D eigenvalue weighted by molar-refractivity contribution is 0.232. The van der Waals surface area contributed by atoms with Crippen molar-refractivity contribution in [2.24, 2.45) is 5.73 Å². The Morgan fingerprint density at radius 1 is 1.33 bits per heavy atom. The molecule has 1 aromatic carbocycles. The average molecular weight is 216 g/mol. The number of nitrogens with two attached hydrogens (primary N) is 2. The van der Waals surface area contributed by atoms with Crippen molar-refractivity contribution in [1.29, 1.82) is 0 Å². The normalized spacial score (nSPS) is 11.5. The Morgan fingerprint density at radius 3 is 2.47 bits per heavy atom. The summed E-state index contributed by atoms with van der Waals surface area (Å²) in [5.41, 5.74) is 10.5. The van der Waals surface area contributed by atoms with Gasteiger partial charge in [0.15, 0.2) is 11.6 Å². The number of rotatable bonds is 3. The van der Waals surface area contributed by atoms with Crippen molar-refractivity contribution in [2.75, 3.05) is 12.3 Å². The molecule has 0 bridgehead atoms. The van der Waals surface area contributed by atoms with E-state index in [0.717, 1.165) is 6.07 Å². The van der Waals surface area contributed by atoms with Gasteiger partial charge in [0.05, 0.1) is 5.69 Å². The summed E-state index contributed by atoms with van der Waals surface area (Å²) < 4.78 is 31.1. The zero-order valence-corrected chi connectivity index (χ0v) is 8.68. The summed E-state index contributed by atoms with van der Waals surface area (Å²) in [7, 11) is 0. The van der Waals surface area contributed by atoms with E-state index in [4.69, 9.17) is 16.2 Å². The second-order valence-electron chi connectivity index (χ2n) is 4.06. The SMILES string of the molecule is CC(C)(N)COc1c(N)ccc(F)c1F. The van der Waals surface area contributed by atoms with Crippen LogP contribution >= 0.6 is 0 Å². The Balaban J connectivity index is 2.90. The first kappa shape index (κ1) is 11.7. The first-order valence-electron chi connectivity index (χ1n) is 4.46. The summed E-state index contributed by atoms with van der Waals surface area (Å²) in [6.07, 6.45) is 0. The molecule has 0 saturated heterocycles. The molecule has 0 amide bonds. The minimum Gasteiger partial charge on any atom is -0.486 e. The van der Waals surface area contributed by atoms with E-state index in [-0.39, 0.29) is 18.0 Å². The summed E-state index contributed by atoms with van der Waals surface area (Å²) >= 11 is 0. The van der Waals surface area contributed by atoms with Crippen molar-refractivity contribution in [3.8, 4) is 5.75 Å². The fourth-order valence-corrected chi connectivity index (χ4v) is 0.952. The third-order valence-corrected chi connectivity index (χ3v) is 1.67. The molecule has 1 rings (SSSR count). The van der Waals surface area contributed by atoms with Crippen LogP contribution in [0.15, 0.2) is 12.1 Å². The van der Waals surface area contributed by atoms with Crippen LogP contribution in [0, 0.1) is 11.6 Å². The van der Waals surface area contributed by atoms with Crippen molar-refractivity contribution in [2.45, 2.75) is 19.4 Å². The van der Waals surface area contributed by atoms with Gasteiger partial charge in [-0.2, -0.15) is 4.39 Å². The number of anilines is 1. The highest BCUT2D eigenvalue weighted by atomic mass is 19.2. The van der Waals surface area contributed by atoms with Crippen molar-refractivity contribution in [3.63, 3.8) is 0 Å². The van der Waals surface area contributed by atoms with Crippen LogP contribution in [-0.4, -0.2) is 12.1 Å². The molecule has 0 saturated carbocycles. The molecule has 0 atom stereocenters. The molecule has 0 radical (unpaired) electrons. The Morgan fingerprint density at radius 2 is 1.93 bits per heavy atom. The van der Waals surface area contributed by atoms with Gasteiger partial charge in [0.2, 0.25) is 5.82 Å². The minimum atomic E-state index is -1.08. The standard InChI is InChI=1S/C10H14F2N2O/c1-10(2,14)5-15-9-7(13)4-3-6(11)8(9)12/h3-4H,5,13-14H2,1-2H3. The lowest BCUT2D eigenvalue weighted by Crippen LogP contribution is -2.39. The van der Waals surface area contributed by atoms with Gasteiger partial charge in [-0.15, -0.1) is 0 Å². The summed E-state index contributed by atoms with van der Waals surface area (Å²) in [6.45, 7) is 3.47. The fourth-order valence-electron chi connectivity index (χ4n) is 0.952. The topological polar surface area (TPSA) is 61.3 Å². The lowest BCUT2D eigenvalue weighted by Gasteiger charge is -2.20. The molecule has 0 spiro atoms. The van der Waals surface area contributed by atoms with E-state index in [1.54, 1.807) is 13.8 Å². The van der Waals surface area contributed by atoms with Crippen LogP contribution in [0.3, 0.4) is 0 Å². The van der Waals surface area contributed by atoms with E-state index < -0.39 is 17.2 Å². The highest BCUT2D eigenvalue weighted by Gasteiger charge is 2.17. The second-order valence-corrected chi connectivity index (χ2v) is 4.06. The molecule has 0 aliphatic carbocycles. The maximum absolute atomic E-state index is 13.2. The highest BCUT2D eigenvalue weighted by Crippen LogP contribution is 2.27. The molecule has 5 heteroatoms. The molecule has 0 aliphatic rings. The molecule has 84 valence electrons. The maximum Gasteiger partial charge on any atom is 0.202 e. The number of nitrogen functional groups attached to an aromatic ring is 1. The van der Waals surface area contributed by atoms with E-state index in [1.165, 1.54) is 6.07 Å². The predicted molar refractivity (Wildman–Crippen MR) is 54.5 cm³/mol. The van der Waals surface area contributed by atoms with Gasteiger partial charge in [-0.1, -0.05) is 0 Å². The van der Waals surface area contributed by atoms with Gasteiger partial charge >= 0.3 is 0 Å². The van der Waals surface area contributed by atoms with Crippen LogP contribution in [0.4, 0.5) is 14.5 Å². The van der Waals surface area contributed by atoms with E-state index in [2.05, 4.69) is 0 Å². The van der Waals surface area contributed by atoms with Gasteiger partial charge in [-0.25, -0.2) is 4.39 Å². The Labute approximate surface area is 87.0 Å². The lowest BCUT2D eigenvalue weighted by atomic mass is 10.1. The number of benzene rings is 1. The molecule has 0 aliphatic heterocycles. The average Bonchev–Trinajstić information content (AvgIpc) is 2.10. The minimum absolute atomic E-state index is 0.0531. The molecule has 1 aromatic rings. The van der Waals surface area contributed by atoms with Crippen LogP contribution in [0.5, 0.6) is 5.75 Å². The third-order valence-electron chi connectivity index (χ3n) is 1.67. The van der Waals surface area contributed by atoms with Crippen LogP contribution < -0.4 is 16.2 Å². The molecule has 0 heterocycles. The number of hydrogen-bond acceptors (Lipinski definition) is 3. The van der Waals surface area contributed by atoms with E-state index in [1.807, 2.05) is 0 Å². The van der Waals surface area contributed by atoms with E-state index in [0.29, 0.717) is 0 Å². The van der Waals surface area contributed by atoms with Crippen LogP contribution in [0.1, 0.15) is 13.8 Å². The second kappa shape index (κ2) is 4.02. The molecular weight excluding hydrogens is 202 g/mol. The molecular formula is C10H14F2N2O. The largest absolute Gasteiger partial charge is 0.486 e. The summed E-state index contributed by atoms with van der Waals surface area (Å²) in [5.74, 6) is -2.36. The Hall–Kier alpha value is -1.36. The summed E-state index contributed by atoms with van der Waals surface area (Å²) in [4.78, 5) is 0. The van der Waals surface area contributed by atoms with Crippen molar-refractivity contribution < 1.29 is 13.5 Å². The number of ether oxygens (including phenoxy) is 1. The molecule has 3 nitrogen and oxygen atoms in total. The number of halogens is 2. The molecule has 0 fully saturated rings. The van der Waals surface area contributed by atoms with Gasteiger partial charge in [-0.05, 0) is 26.0 Å². The molecule has 15 heavy (non-hydrogen) atoms. The zero-order chi connectivity index (χ0) is 11.6. The monoisotopic (exact) mass is 216 g/mol. The predicted octanol–water partition coefficient (Wildman–Crippen LogP) is 1.66. The Bertz CT molecular complexity index is 361. The third kappa shape index (κ3) is 3.06. The van der Waals surface area contributed by atoms with Gasteiger partial charge < -0.3 is 16.2 Å². The van der Waals surface area contributed by atoms with Crippen molar-refractivity contribution in [1.82, 2.24) is 0 Å². The van der Waals surface area contributed by atoms with Crippen molar-refractivity contribution >= 4 is 5.69 Å². The summed E-state index contributed by atoms with van der Waals surface area (Å²) in [5, 5.41) is 0. The molecule has 0 aromatic heterocycles. The van der Waals surface area contributed by atoms with Crippen molar-refractivity contribution in [3.05, 3.63) is 23.8 Å². The van der Waals surface area contributed by atoms with Crippen LogP contribution in [0.2, 0.25) is 0 Å².